The van der Waals surface area contributed by atoms with Gasteiger partial charge < -0.3 is 15.3 Å². The van der Waals surface area contributed by atoms with Gasteiger partial charge in [-0.2, -0.15) is 0 Å². The highest BCUT2D eigenvalue weighted by Crippen LogP contribution is 2.16. The highest BCUT2D eigenvalue weighted by molar-refractivity contribution is 7.12. The lowest BCUT2D eigenvalue weighted by molar-refractivity contribution is 0.0700. The molecular formula is C16H18N2O3S. The predicted octanol–water partition coefficient (Wildman–Crippen LogP) is 2.44. The monoisotopic (exact) mass is 318 g/mol. The Morgan fingerprint density at radius 1 is 1.23 bits per heavy atom. The highest BCUT2D eigenvalue weighted by Gasteiger charge is 2.11. The fraction of sp³-hybridized carbons (Fsp3) is 0.250. The van der Waals surface area contributed by atoms with E-state index in [4.69, 9.17) is 5.11 Å². The van der Waals surface area contributed by atoms with E-state index in [1.165, 1.54) is 16.2 Å². The molecule has 1 aromatic carbocycles. The number of carbonyl (C=O) groups excluding carboxylic acids is 1. The van der Waals surface area contributed by atoms with Crippen molar-refractivity contribution >= 4 is 23.2 Å². The van der Waals surface area contributed by atoms with Crippen LogP contribution in [-0.2, 0) is 13.1 Å². The van der Waals surface area contributed by atoms with Gasteiger partial charge in [0.25, 0.3) is 5.91 Å². The number of carboxylic acids is 1. The summed E-state index contributed by atoms with van der Waals surface area (Å²) in [4.78, 5) is 24.9. The van der Waals surface area contributed by atoms with Crippen LogP contribution >= 0.6 is 11.3 Å². The SMILES string of the molecule is CN(C)C(=O)c1cccc(CNCc2ccsc2C(=O)O)c1. The van der Waals surface area contributed by atoms with Gasteiger partial charge in [-0.15, -0.1) is 11.3 Å². The van der Waals surface area contributed by atoms with Crippen LogP contribution in [0.15, 0.2) is 35.7 Å². The first-order valence-electron chi connectivity index (χ1n) is 6.80. The van der Waals surface area contributed by atoms with E-state index in [0.29, 0.717) is 23.5 Å². The van der Waals surface area contributed by atoms with Crippen molar-refractivity contribution in [2.24, 2.45) is 0 Å². The Hall–Kier alpha value is -2.18. The normalized spacial score (nSPS) is 10.5. The first-order valence-corrected chi connectivity index (χ1v) is 7.68. The molecule has 0 spiro atoms. The van der Waals surface area contributed by atoms with Gasteiger partial charge in [0.05, 0.1) is 0 Å². The number of nitrogens with one attached hydrogen (secondary N) is 1. The predicted molar refractivity (Wildman–Crippen MR) is 86.3 cm³/mol. The molecule has 2 N–H and O–H groups in total. The van der Waals surface area contributed by atoms with Crippen LogP contribution < -0.4 is 5.32 Å². The molecule has 0 aliphatic heterocycles. The van der Waals surface area contributed by atoms with E-state index in [9.17, 15) is 9.59 Å². The number of hydrogen-bond acceptors (Lipinski definition) is 4. The van der Waals surface area contributed by atoms with E-state index >= 15 is 0 Å². The lowest BCUT2D eigenvalue weighted by Crippen LogP contribution is -2.22. The number of rotatable bonds is 6. The first-order chi connectivity index (χ1) is 10.5. The molecule has 6 heteroatoms. The minimum Gasteiger partial charge on any atom is -0.477 e. The number of thiophene rings is 1. The summed E-state index contributed by atoms with van der Waals surface area (Å²) in [6.45, 7) is 1.06. The van der Waals surface area contributed by atoms with Crippen LogP contribution in [0, 0.1) is 0 Å². The molecular weight excluding hydrogens is 300 g/mol. The summed E-state index contributed by atoms with van der Waals surface area (Å²) in [5.41, 5.74) is 2.41. The van der Waals surface area contributed by atoms with Crippen LogP contribution in [0.25, 0.3) is 0 Å². The van der Waals surface area contributed by atoms with E-state index in [-0.39, 0.29) is 5.91 Å². The summed E-state index contributed by atoms with van der Waals surface area (Å²) in [5, 5.41) is 14.0. The van der Waals surface area contributed by atoms with Crippen molar-refractivity contribution in [3.8, 4) is 0 Å². The third-order valence-electron chi connectivity index (χ3n) is 3.17. The number of amides is 1. The van der Waals surface area contributed by atoms with Crippen LogP contribution in [-0.4, -0.2) is 36.0 Å². The van der Waals surface area contributed by atoms with E-state index < -0.39 is 5.97 Å². The van der Waals surface area contributed by atoms with E-state index in [0.717, 1.165) is 11.1 Å². The molecule has 0 saturated heterocycles. The second-order valence-corrected chi connectivity index (χ2v) is 6.00. The molecule has 1 heterocycles. The topological polar surface area (TPSA) is 69.6 Å². The third-order valence-corrected chi connectivity index (χ3v) is 4.11. The highest BCUT2D eigenvalue weighted by atomic mass is 32.1. The van der Waals surface area contributed by atoms with Gasteiger partial charge in [0.15, 0.2) is 0 Å². The molecule has 116 valence electrons. The Balaban J connectivity index is 1.97. The Morgan fingerprint density at radius 2 is 2.00 bits per heavy atom. The summed E-state index contributed by atoms with van der Waals surface area (Å²) in [6, 6.07) is 9.23. The quantitative estimate of drug-likeness (QED) is 0.858. The molecule has 0 bridgehead atoms. The van der Waals surface area contributed by atoms with Gasteiger partial charge in [0.1, 0.15) is 4.88 Å². The molecule has 0 aliphatic carbocycles. The lowest BCUT2D eigenvalue weighted by Gasteiger charge is -2.11. The minimum absolute atomic E-state index is 0.0344. The zero-order valence-corrected chi connectivity index (χ0v) is 13.3. The van der Waals surface area contributed by atoms with Crippen molar-refractivity contribution in [2.75, 3.05) is 14.1 Å². The fourth-order valence-electron chi connectivity index (χ4n) is 2.08. The molecule has 0 aliphatic rings. The Bertz CT molecular complexity index is 680. The van der Waals surface area contributed by atoms with Crippen molar-refractivity contribution in [2.45, 2.75) is 13.1 Å². The number of nitrogens with zero attached hydrogens (tertiary/aromatic N) is 1. The number of carboxylic acid groups (broad SMARTS) is 1. The van der Waals surface area contributed by atoms with Crippen LogP contribution in [0.1, 0.15) is 31.2 Å². The smallest absolute Gasteiger partial charge is 0.346 e. The van der Waals surface area contributed by atoms with Crippen molar-refractivity contribution in [3.63, 3.8) is 0 Å². The maximum atomic E-state index is 11.9. The summed E-state index contributed by atoms with van der Waals surface area (Å²) < 4.78 is 0. The molecule has 0 radical (unpaired) electrons. The van der Waals surface area contributed by atoms with Crippen molar-refractivity contribution in [3.05, 3.63) is 57.3 Å². The van der Waals surface area contributed by atoms with Gasteiger partial charge >= 0.3 is 5.97 Å². The average molecular weight is 318 g/mol. The molecule has 5 nitrogen and oxygen atoms in total. The lowest BCUT2D eigenvalue weighted by atomic mass is 10.1. The number of aromatic carboxylic acids is 1. The van der Waals surface area contributed by atoms with Crippen LogP contribution in [0.2, 0.25) is 0 Å². The van der Waals surface area contributed by atoms with E-state index in [1.54, 1.807) is 25.5 Å². The summed E-state index contributed by atoms with van der Waals surface area (Å²) in [7, 11) is 3.44. The van der Waals surface area contributed by atoms with Gasteiger partial charge in [-0.05, 0) is 34.7 Å². The largest absolute Gasteiger partial charge is 0.477 e. The molecule has 2 rings (SSSR count). The molecule has 0 saturated carbocycles. The van der Waals surface area contributed by atoms with Crippen LogP contribution in [0.3, 0.4) is 0 Å². The number of carbonyl (C=O) groups is 2. The Morgan fingerprint density at radius 3 is 2.68 bits per heavy atom. The van der Waals surface area contributed by atoms with E-state index in [1.807, 2.05) is 24.3 Å². The second-order valence-electron chi connectivity index (χ2n) is 5.08. The zero-order valence-electron chi connectivity index (χ0n) is 12.5. The standard InChI is InChI=1S/C16H18N2O3S/c1-18(2)15(19)12-5-3-4-11(8-12)9-17-10-13-6-7-22-14(13)16(20)21/h3-8,17H,9-10H2,1-2H3,(H,20,21). The van der Waals surface area contributed by atoms with Gasteiger partial charge in [-0.25, -0.2) is 4.79 Å². The zero-order chi connectivity index (χ0) is 16.1. The first kappa shape index (κ1) is 16.2. The third kappa shape index (κ3) is 3.93. The average Bonchev–Trinajstić information content (AvgIpc) is 2.95. The molecule has 0 fully saturated rings. The van der Waals surface area contributed by atoms with Gasteiger partial charge in [-0.3, -0.25) is 4.79 Å². The van der Waals surface area contributed by atoms with Gasteiger partial charge in [0.2, 0.25) is 0 Å². The number of benzene rings is 1. The summed E-state index contributed by atoms with van der Waals surface area (Å²) in [6.07, 6.45) is 0. The van der Waals surface area contributed by atoms with Crippen LogP contribution in [0.5, 0.6) is 0 Å². The summed E-state index contributed by atoms with van der Waals surface area (Å²) in [5.74, 6) is -0.932. The minimum atomic E-state index is -0.898. The van der Waals surface area contributed by atoms with Crippen molar-refractivity contribution in [1.29, 1.82) is 0 Å². The molecule has 22 heavy (non-hydrogen) atoms. The van der Waals surface area contributed by atoms with Crippen molar-refractivity contribution < 1.29 is 14.7 Å². The van der Waals surface area contributed by atoms with Crippen LogP contribution in [0.4, 0.5) is 0 Å². The molecule has 0 atom stereocenters. The number of hydrogen-bond donors (Lipinski definition) is 2. The fourth-order valence-corrected chi connectivity index (χ4v) is 2.84. The van der Waals surface area contributed by atoms with E-state index in [2.05, 4.69) is 5.32 Å². The van der Waals surface area contributed by atoms with Gasteiger partial charge in [0, 0.05) is 32.7 Å². The maximum Gasteiger partial charge on any atom is 0.346 e. The molecule has 1 amide bonds. The summed E-state index contributed by atoms with van der Waals surface area (Å²) >= 11 is 1.22. The Kier molecular flexibility index (Phi) is 5.30. The maximum absolute atomic E-state index is 11.9. The van der Waals surface area contributed by atoms with Crippen molar-refractivity contribution in [1.82, 2.24) is 10.2 Å². The second kappa shape index (κ2) is 7.20. The molecule has 1 aromatic heterocycles. The molecule has 0 unspecified atom stereocenters. The Labute approximate surface area is 133 Å². The van der Waals surface area contributed by atoms with Gasteiger partial charge in [-0.1, -0.05) is 12.1 Å². The molecule has 2 aromatic rings.